The summed E-state index contributed by atoms with van der Waals surface area (Å²) in [6.45, 7) is 4.70. The third-order valence-electron chi connectivity index (χ3n) is 9.04. The topological polar surface area (TPSA) is 114 Å². The SMILES string of the molecule is C=CCN1CC(=O)N2[C@@H](Cc3ccc(O)cc3)C(=O)N(Cc3cccc4cn(C)nc34)[C@@H]3C[C@@]32N1C(=O)NCc1ccccc1. The largest absolute Gasteiger partial charge is 0.508 e. The number of carbonyl (C=O) groups is 3. The minimum Gasteiger partial charge on any atom is -0.508 e. The predicted molar refractivity (Wildman–Crippen MR) is 167 cm³/mol. The van der Waals surface area contributed by atoms with Crippen molar-refractivity contribution >= 4 is 28.7 Å². The number of piperazine rings is 1. The number of aryl methyl sites for hydroxylation is 1. The molecule has 0 unspecified atom stereocenters. The third-order valence-corrected chi connectivity index (χ3v) is 9.04. The zero-order valence-corrected chi connectivity index (χ0v) is 25.0. The molecule has 2 aliphatic heterocycles. The van der Waals surface area contributed by atoms with Crippen LogP contribution in [0.25, 0.3) is 10.9 Å². The molecule has 0 bridgehead atoms. The summed E-state index contributed by atoms with van der Waals surface area (Å²) in [6, 6.07) is 20.6. The van der Waals surface area contributed by atoms with E-state index in [2.05, 4.69) is 17.0 Å². The molecule has 45 heavy (non-hydrogen) atoms. The number of carbonyl (C=O) groups excluding carboxylic acids is 3. The Labute approximate surface area is 260 Å². The summed E-state index contributed by atoms with van der Waals surface area (Å²) < 4.78 is 1.76. The van der Waals surface area contributed by atoms with Gasteiger partial charge in [0.1, 0.15) is 11.8 Å². The van der Waals surface area contributed by atoms with Gasteiger partial charge in [-0.2, -0.15) is 5.10 Å². The number of phenolic OH excluding ortho intramolecular Hbond substituents is 1. The Morgan fingerprint density at radius 3 is 2.60 bits per heavy atom. The van der Waals surface area contributed by atoms with Crippen molar-refractivity contribution in [2.45, 2.75) is 43.7 Å². The number of aromatic nitrogens is 2. The first-order chi connectivity index (χ1) is 21.8. The van der Waals surface area contributed by atoms with E-state index >= 15 is 0 Å². The Kier molecular flexibility index (Phi) is 7.04. The van der Waals surface area contributed by atoms with Gasteiger partial charge in [0, 0.05) is 51.1 Å². The number of aromatic hydroxyl groups is 1. The number of rotatable bonds is 8. The van der Waals surface area contributed by atoms with E-state index in [9.17, 15) is 19.5 Å². The molecule has 7 rings (SSSR count). The van der Waals surface area contributed by atoms with E-state index in [0.29, 0.717) is 13.0 Å². The van der Waals surface area contributed by atoms with Crippen LogP contribution in [-0.4, -0.2) is 83.4 Å². The number of benzene rings is 3. The zero-order chi connectivity index (χ0) is 31.3. The molecule has 1 aromatic heterocycles. The predicted octanol–water partition coefficient (Wildman–Crippen LogP) is 3.16. The van der Waals surface area contributed by atoms with E-state index in [1.807, 2.05) is 66.7 Å². The molecular weight excluding hydrogens is 570 g/mol. The van der Waals surface area contributed by atoms with Gasteiger partial charge in [0.05, 0.1) is 18.1 Å². The molecule has 4 aromatic rings. The van der Waals surface area contributed by atoms with Crippen LogP contribution >= 0.6 is 0 Å². The lowest BCUT2D eigenvalue weighted by Gasteiger charge is -2.55. The van der Waals surface area contributed by atoms with E-state index in [1.165, 1.54) is 0 Å². The van der Waals surface area contributed by atoms with Gasteiger partial charge in [-0.1, -0.05) is 66.7 Å². The highest BCUT2D eigenvalue weighted by molar-refractivity contribution is 5.94. The smallest absolute Gasteiger partial charge is 0.334 e. The monoisotopic (exact) mass is 605 g/mol. The lowest BCUT2D eigenvalue weighted by molar-refractivity contribution is -0.194. The van der Waals surface area contributed by atoms with E-state index in [0.717, 1.165) is 27.6 Å². The van der Waals surface area contributed by atoms with Crippen LogP contribution in [0.1, 0.15) is 23.1 Å². The van der Waals surface area contributed by atoms with Gasteiger partial charge in [0.15, 0.2) is 5.66 Å². The van der Waals surface area contributed by atoms with E-state index in [-0.39, 0.29) is 49.7 Å². The number of nitrogens with zero attached hydrogens (tertiary/aromatic N) is 6. The summed E-state index contributed by atoms with van der Waals surface area (Å²) in [6.07, 6.45) is 4.28. The van der Waals surface area contributed by atoms with E-state index in [4.69, 9.17) is 0 Å². The Balaban J connectivity index is 1.29. The van der Waals surface area contributed by atoms with Crippen molar-refractivity contribution in [2.24, 2.45) is 7.05 Å². The molecule has 4 amide bonds. The number of hydrogen-bond donors (Lipinski definition) is 2. The van der Waals surface area contributed by atoms with E-state index < -0.39 is 17.7 Å². The van der Waals surface area contributed by atoms with Crippen LogP contribution in [0, 0.1) is 0 Å². The zero-order valence-electron chi connectivity index (χ0n) is 25.0. The highest BCUT2D eigenvalue weighted by Gasteiger charge is 2.75. The Hall–Kier alpha value is -5.16. The summed E-state index contributed by atoms with van der Waals surface area (Å²) in [4.78, 5) is 46.1. The molecule has 3 aliphatic rings. The van der Waals surface area contributed by atoms with Crippen molar-refractivity contribution in [3.05, 3.63) is 108 Å². The molecule has 3 atom stereocenters. The maximum atomic E-state index is 14.5. The third kappa shape index (κ3) is 4.89. The quantitative estimate of drug-likeness (QED) is 0.299. The van der Waals surface area contributed by atoms with Gasteiger partial charge >= 0.3 is 6.03 Å². The molecule has 1 spiro atoms. The van der Waals surface area contributed by atoms with Gasteiger partial charge in [-0.05, 0) is 28.8 Å². The number of phenols is 1. The number of urea groups is 1. The van der Waals surface area contributed by atoms with Gasteiger partial charge in [-0.25, -0.2) is 14.8 Å². The van der Waals surface area contributed by atoms with Crippen molar-refractivity contribution in [2.75, 3.05) is 13.1 Å². The van der Waals surface area contributed by atoms with Gasteiger partial charge in [0.2, 0.25) is 11.8 Å². The number of hydrogen-bond acceptors (Lipinski definition) is 6. The molecule has 3 heterocycles. The minimum atomic E-state index is -1.06. The lowest BCUT2D eigenvalue weighted by atomic mass is 9.98. The van der Waals surface area contributed by atoms with Gasteiger partial charge in [-0.15, -0.1) is 6.58 Å². The van der Waals surface area contributed by atoms with Crippen molar-refractivity contribution < 1.29 is 19.5 Å². The second kappa shape index (κ2) is 11.1. The molecule has 230 valence electrons. The highest BCUT2D eigenvalue weighted by Crippen LogP contribution is 2.55. The molecule has 3 aromatic carbocycles. The lowest BCUT2D eigenvalue weighted by Crippen LogP contribution is -2.77. The Morgan fingerprint density at radius 2 is 1.84 bits per heavy atom. The average Bonchev–Trinajstić information content (AvgIpc) is 3.61. The standard InChI is InChI=1S/C34H35N7O4/c1-3-16-38-22-30(43)40-28(17-23-12-14-27(42)15-13-23)32(44)39(21-26-11-7-10-25-20-37(2)36-31(25)26)29-18-34(29,40)41(38)33(45)35-19-24-8-5-4-6-9-24/h3-15,20,28-29,42H,1,16-19,21-22H2,2H3,(H,35,45)/t28-,29+,34+/m0/s1. The summed E-state index contributed by atoms with van der Waals surface area (Å²) in [7, 11) is 1.87. The molecule has 1 saturated carbocycles. The molecule has 0 radical (unpaired) electrons. The molecular formula is C34H35N7O4. The van der Waals surface area contributed by atoms with Crippen LogP contribution in [0.3, 0.4) is 0 Å². The fourth-order valence-corrected chi connectivity index (χ4v) is 7.04. The summed E-state index contributed by atoms with van der Waals surface area (Å²) >= 11 is 0. The van der Waals surface area contributed by atoms with Crippen LogP contribution in [0.2, 0.25) is 0 Å². The Morgan fingerprint density at radius 1 is 1.07 bits per heavy atom. The van der Waals surface area contributed by atoms with Crippen LogP contribution in [0.5, 0.6) is 5.75 Å². The van der Waals surface area contributed by atoms with Crippen molar-refractivity contribution in [1.29, 1.82) is 0 Å². The average molecular weight is 606 g/mol. The summed E-state index contributed by atoms with van der Waals surface area (Å²) in [5.41, 5.74) is 2.39. The van der Waals surface area contributed by atoms with Crippen LogP contribution in [-0.2, 0) is 36.1 Å². The first-order valence-electron chi connectivity index (χ1n) is 15.1. The van der Waals surface area contributed by atoms with Crippen molar-refractivity contribution in [1.82, 2.24) is 34.9 Å². The first-order valence-corrected chi connectivity index (χ1v) is 15.1. The molecule has 2 N–H and O–H groups in total. The van der Waals surface area contributed by atoms with Crippen LogP contribution < -0.4 is 5.32 Å². The maximum Gasteiger partial charge on any atom is 0.334 e. The molecule has 1 aliphatic carbocycles. The summed E-state index contributed by atoms with van der Waals surface area (Å²) in [5.74, 6) is -0.271. The number of fused-ring (bicyclic) bond motifs is 1. The molecule has 11 nitrogen and oxygen atoms in total. The minimum absolute atomic E-state index is 0.0636. The maximum absolute atomic E-state index is 14.5. The number of nitrogens with one attached hydrogen (secondary N) is 1. The molecule has 3 fully saturated rings. The van der Waals surface area contributed by atoms with Crippen LogP contribution in [0.15, 0.2) is 91.6 Å². The highest BCUT2D eigenvalue weighted by atomic mass is 16.3. The van der Waals surface area contributed by atoms with Gasteiger partial charge in [0.25, 0.3) is 0 Å². The van der Waals surface area contributed by atoms with Gasteiger partial charge < -0.3 is 20.2 Å². The fourth-order valence-electron chi connectivity index (χ4n) is 7.04. The summed E-state index contributed by atoms with van der Waals surface area (Å²) in [5, 5.41) is 22.0. The first kappa shape index (κ1) is 28.6. The normalized spacial score (nSPS) is 22.7. The number of amides is 4. The fraction of sp³-hybridized carbons (Fsp3) is 0.294. The van der Waals surface area contributed by atoms with Crippen LogP contribution in [0.4, 0.5) is 4.79 Å². The van der Waals surface area contributed by atoms with E-state index in [1.54, 1.807) is 49.9 Å². The van der Waals surface area contributed by atoms with Crippen molar-refractivity contribution in [3.63, 3.8) is 0 Å². The second-order valence-electron chi connectivity index (χ2n) is 12.0. The second-order valence-corrected chi connectivity index (χ2v) is 12.0. The molecule has 2 saturated heterocycles. The van der Waals surface area contributed by atoms with Crippen molar-refractivity contribution in [3.8, 4) is 5.75 Å². The number of hydrazine groups is 1. The van der Waals surface area contributed by atoms with Gasteiger partial charge in [-0.3, -0.25) is 14.3 Å². The molecule has 11 heteroatoms. The Bertz CT molecular complexity index is 1790.